The van der Waals surface area contributed by atoms with Crippen molar-refractivity contribution in [2.24, 2.45) is 0 Å². The molecule has 2 heteroatoms. The molecule has 0 atom stereocenters. The Kier molecular flexibility index (Phi) is 3.32. The summed E-state index contributed by atoms with van der Waals surface area (Å²) in [6.45, 7) is 10.4. The first-order valence-electron chi connectivity index (χ1n) is 3.31. The molecule has 0 fully saturated rings. The van der Waals surface area contributed by atoms with Gasteiger partial charge in [-0.1, -0.05) is 26.6 Å². The van der Waals surface area contributed by atoms with Crippen LogP contribution in [0.1, 0.15) is 13.3 Å². The molecule has 0 aliphatic rings. The first-order valence-corrected chi connectivity index (χ1v) is 6.81. The van der Waals surface area contributed by atoms with Crippen LogP contribution in [0.3, 0.4) is 0 Å². The van der Waals surface area contributed by atoms with Crippen LogP contribution >= 0.6 is 0 Å². The Balaban J connectivity index is 3.11. The zero-order valence-electron chi connectivity index (χ0n) is 6.41. The Morgan fingerprint density at radius 2 is 1.75 bits per heavy atom. The zero-order valence-corrected chi connectivity index (χ0v) is 7.41. The van der Waals surface area contributed by atoms with Gasteiger partial charge >= 0.3 is 0 Å². The van der Waals surface area contributed by atoms with Crippen molar-refractivity contribution in [1.82, 2.24) is 4.98 Å². The summed E-state index contributed by atoms with van der Waals surface area (Å²) in [5.41, 5.74) is 0. The van der Waals surface area contributed by atoms with E-state index in [0.717, 1.165) is 0 Å². The molecular formula is C6H17NSi. The quantitative estimate of drug-likeness (QED) is 0.576. The van der Waals surface area contributed by atoms with Gasteiger partial charge in [0.15, 0.2) is 0 Å². The molecule has 0 amide bonds. The summed E-state index contributed by atoms with van der Waals surface area (Å²) >= 11 is 0. The largest absolute Gasteiger partial charge is 0.337 e. The van der Waals surface area contributed by atoms with Crippen LogP contribution in [0.15, 0.2) is 0 Å². The third-order valence-corrected chi connectivity index (χ3v) is 2.22. The second-order valence-electron chi connectivity index (χ2n) is 3.18. The molecule has 0 aromatic rings. The van der Waals surface area contributed by atoms with Crippen molar-refractivity contribution in [1.29, 1.82) is 0 Å². The van der Waals surface area contributed by atoms with Gasteiger partial charge in [-0.15, -0.1) is 0 Å². The molecule has 0 heterocycles. The highest BCUT2D eigenvalue weighted by molar-refractivity contribution is 6.73. The van der Waals surface area contributed by atoms with E-state index in [1.54, 1.807) is 0 Å². The van der Waals surface area contributed by atoms with Gasteiger partial charge in [0.05, 0.1) is 0 Å². The molecule has 1 N–H and O–H groups in total. The summed E-state index contributed by atoms with van der Waals surface area (Å²) in [6, 6.07) is 0. The van der Waals surface area contributed by atoms with Crippen LogP contribution in [0, 0.1) is 0 Å². The van der Waals surface area contributed by atoms with E-state index in [1.807, 2.05) is 0 Å². The van der Waals surface area contributed by atoms with Crippen molar-refractivity contribution < 1.29 is 0 Å². The first-order chi connectivity index (χ1) is 3.56. The Morgan fingerprint density at radius 3 is 1.88 bits per heavy atom. The van der Waals surface area contributed by atoms with Crippen molar-refractivity contribution >= 4 is 8.24 Å². The fourth-order valence-corrected chi connectivity index (χ4v) is 1.50. The molecule has 0 unspecified atom stereocenters. The van der Waals surface area contributed by atoms with Crippen LogP contribution in [0.25, 0.3) is 0 Å². The highest BCUT2D eigenvalue weighted by atomic mass is 28.3. The van der Waals surface area contributed by atoms with Gasteiger partial charge in [-0.25, -0.2) is 0 Å². The lowest BCUT2D eigenvalue weighted by Gasteiger charge is -2.16. The Morgan fingerprint density at radius 1 is 1.25 bits per heavy atom. The maximum atomic E-state index is 3.51. The standard InChI is InChI=1S/C6H17NSi/c1-5-6-7-8(2,3)4/h7H,5-6H2,1-4H3. The van der Waals surface area contributed by atoms with Gasteiger partial charge < -0.3 is 4.98 Å². The van der Waals surface area contributed by atoms with Gasteiger partial charge in [0.1, 0.15) is 8.24 Å². The Labute approximate surface area is 53.6 Å². The van der Waals surface area contributed by atoms with Gasteiger partial charge in [-0.05, 0) is 13.0 Å². The van der Waals surface area contributed by atoms with E-state index in [0.29, 0.717) is 0 Å². The number of hydrogen-bond donors (Lipinski definition) is 1. The molecule has 1 nitrogen and oxygen atoms in total. The van der Waals surface area contributed by atoms with Crippen molar-refractivity contribution in [2.45, 2.75) is 33.0 Å². The molecule has 0 aromatic carbocycles. The zero-order chi connectivity index (χ0) is 6.62. The molecule has 0 rings (SSSR count). The fraction of sp³-hybridized carbons (Fsp3) is 1.00. The number of rotatable bonds is 3. The van der Waals surface area contributed by atoms with Crippen molar-refractivity contribution in [3.05, 3.63) is 0 Å². The molecule has 8 heavy (non-hydrogen) atoms. The van der Waals surface area contributed by atoms with Crippen LogP contribution in [0.4, 0.5) is 0 Å². The summed E-state index contributed by atoms with van der Waals surface area (Å²) in [5, 5.41) is 0. The maximum absolute atomic E-state index is 3.51. The minimum absolute atomic E-state index is 0.928. The molecule has 0 saturated heterocycles. The SMILES string of the molecule is CCCN[Si](C)(C)C. The molecule has 0 aromatic heterocycles. The highest BCUT2D eigenvalue weighted by Gasteiger charge is 2.09. The highest BCUT2D eigenvalue weighted by Crippen LogP contribution is 1.92. The minimum atomic E-state index is -0.928. The van der Waals surface area contributed by atoms with Crippen molar-refractivity contribution in [3.63, 3.8) is 0 Å². The monoisotopic (exact) mass is 131 g/mol. The molecular weight excluding hydrogens is 114 g/mol. The van der Waals surface area contributed by atoms with Crippen LogP contribution in [0.5, 0.6) is 0 Å². The third-order valence-electron chi connectivity index (χ3n) is 0.905. The van der Waals surface area contributed by atoms with E-state index in [2.05, 4.69) is 31.5 Å². The lowest BCUT2D eigenvalue weighted by molar-refractivity contribution is 0.841. The average Bonchev–Trinajstić information content (AvgIpc) is 1.59. The van der Waals surface area contributed by atoms with E-state index >= 15 is 0 Å². The lowest BCUT2D eigenvalue weighted by atomic mass is 10.5. The second-order valence-corrected chi connectivity index (χ2v) is 8.03. The maximum Gasteiger partial charge on any atom is 0.116 e. The summed E-state index contributed by atoms with van der Waals surface area (Å²) in [5.74, 6) is 0. The first kappa shape index (κ1) is 8.18. The third kappa shape index (κ3) is 6.18. The fourth-order valence-electron chi connectivity index (χ4n) is 0.500. The van der Waals surface area contributed by atoms with Crippen LogP contribution < -0.4 is 4.98 Å². The average molecular weight is 131 g/mol. The molecule has 0 aliphatic carbocycles. The number of nitrogens with one attached hydrogen (secondary N) is 1. The Bertz CT molecular complexity index is 56.0. The van der Waals surface area contributed by atoms with E-state index < -0.39 is 8.24 Å². The second kappa shape index (κ2) is 3.25. The summed E-state index contributed by atoms with van der Waals surface area (Å²) in [4.78, 5) is 3.51. The molecule has 0 aliphatic heterocycles. The summed E-state index contributed by atoms with van der Waals surface area (Å²) < 4.78 is 0. The molecule has 50 valence electrons. The van der Waals surface area contributed by atoms with Crippen LogP contribution in [0.2, 0.25) is 19.6 Å². The lowest BCUT2D eigenvalue weighted by Crippen LogP contribution is -2.41. The van der Waals surface area contributed by atoms with Gasteiger partial charge in [0.25, 0.3) is 0 Å². The van der Waals surface area contributed by atoms with Crippen LogP contribution in [-0.4, -0.2) is 14.8 Å². The van der Waals surface area contributed by atoms with E-state index in [9.17, 15) is 0 Å². The summed E-state index contributed by atoms with van der Waals surface area (Å²) in [7, 11) is -0.928. The van der Waals surface area contributed by atoms with Gasteiger partial charge in [0.2, 0.25) is 0 Å². The van der Waals surface area contributed by atoms with Crippen molar-refractivity contribution in [2.75, 3.05) is 6.54 Å². The van der Waals surface area contributed by atoms with E-state index in [4.69, 9.17) is 0 Å². The molecule has 0 saturated carbocycles. The van der Waals surface area contributed by atoms with Gasteiger partial charge in [0, 0.05) is 0 Å². The van der Waals surface area contributed by atoms with E-state index in [1.165, 1.54) is 13.0 Å². The molecule has 0 bridgehead atoms. The number of hydrogen-bond acceptors (Lipinski definition) is 1. The normalized spacial score (nSPS) is 12.0. The summed E-state index contributed by atoms with van der Waals surface area (Å²) in [6.07, 6.45) is 1.25. The smallest absolute Gasteiger partial charge is 0.116 e. The predicted octanol–water partition coefficient (Wildman–Crippen LogP) is 1.82. The van der Waals surface area contributed by atoms with Crippen molar-refractivity contribution in [3.8, 4) is 0 Å². The molecule has 0 spiro atoms. The predicted molar refractivity (Wildman–Crippen MR) is 41.6 cm³/mol. The topological polar surface area (TPSA) is 12.0 Å². The van der Waals surface area contributed by atoms with Crippen LogP contribution in [-0.2, 0) is 0 Å². The minimum Gasteiger partial charge on any atom is -0.337 e. The molecule has 0 radical (unpaired) electrons. The van der Waals surface area contributed by atoms with Gasteiger partial charge in [-0.2, -0.15) is 0 Å². The Hall–Kier alpha value is 0.177. The van der Waals surface area contributed by atoms with Gasteiger partial charge in [-0.3, -0.25) is 0 Å². The van der Waals surface area contributed by atoms with E-state index in [-0.39, 0.29) is 0 Å².